The molecule has 0 unspecified atom stereocenters. The Bertz CT molecular complexity index is 440. The maximum absolute atomic E-state index is 10.9. The number of hydrogen-bond acceptors (Lipinski definition) is 4. The molecule has 1 aliphatic heterocycles. The van der Waals surface area contributed by atoms with Crippen LogP contribution in [0.2, 0.25) is 0 Å². The second-order valence-electron chi connectivity index (χ2n) is 4.96. The summed E-state index contributed by atoms with van der Waals surface area (Å²) >= 11 is 0. The van der Waals surface area contributed by atoms with Crippen LogP contribution in [0.15, 0.2) is 18.2 Å². The normalized spacial score (nSPS) is 17.9. The Hall–Kier alpha value is -1.46. The van der Waals surface area contributed by atoms with Crippen molar-refractivity contribution in [1.82, 2.24) is 9.80 Å². The second-order valence-corrected chi connectivity index (χ2v) is 4.96. The van der Waals surface area contributed by atoms with Crippen molar-refractivity contribution in [3.05, 3.63) is 39.4 Å². The number of nitro groups is 1. The number of nitro benzene ring substituents is 1. The molecule has 5 nitrogen and oxygen atoms in total. The van der Waals surface area contributed by atoms with Crippen molar-refractivity contribution >= 4 is 5.69 Å². The van der Waals surface area contributed by atoms with Crippen LogP contribution in [-0.4, -0.2) is 47.9 Å². The summed E-state index contributed by atoms with van der Waals surface area (Å²) in [6.07, 6.45) is 0. The first-order valence-electron chi connectivity index (χ1n) is 6.21. The Labute approximate surface area is 107 Å². The van der Waals surface area contributed by atoms with Crippen LogP contribution in [0.5, 0.6) is 0 Å². The minimum absolute atomic E-state index is 0.224. The van der Waals surface area contributed by atoms with Crippen molar-refractivity contribution in [3.63, 3.8) is 0 Å². The van der Waals surface area contributed by atoms with E-state index in [1.165, 1.54) is 0 Å². The van der Waals surface area contributed by atoms with Gasteiger partial charge < -0.3 is 4.90 Å². The van der Waals surface area contributed by atoms with E-state index in [0.29, 0.717) is 0 Å². The molecule has 1 heterocycles. The van der Waals surface area contributed by atoms with Crippen molar-refractivity contribution in [2.75, 3.05) is 33.2 Å². The van der Waals surface area contributed by atoms with Crippen LogP contribution in [0.25, 0.3) is 0 Å². The zero-order valence-electron chi connectivity index (χ0n) is 10.9. The fraction of sp³-hybridized carbons (Fsp3) is 0.538. The van der Waals surface area contributed by atoms with Gasteiger partial charge in [-0.15, -0.1) is 0 Å². The number of rotatable bonds is 3. The highest BCUT2D eigenvalue weighted by Gasteiger charge is 2.16. The van der Waals surface area contributed by atoms with E-state index in [1.807, 2.05) is 12.1 Å². The topological polar surface area (TPSA) is 49.6 Å². The van der Waals surface area contributed by atoms with Gasteiger partial charge in [-0.1, -0.05) is 12.1 Å². The number of piperazine rings is 1. The van der Waals surface area contributed by atoms with Crippen molar-refractivity contribution in [2.24, 2.45) is 0 Å². The van der Waals surface area contributed by atoms with Crippen LogP contribution in [-0.2, 0) is 6.54 Å². The molecule has 0 aliphatic carbocycles. The minimum atomic E-state index is -0.303. The second kappa shape index (κ2) is 5.46. The molecule has 1 saturated heterocycles. The molecular formula is C13H19N3O2. The molecule has 1 aliphatic rings. The molecule has 0 amide bonds. The molecule has 1 aromatic carbocycles. The van der Waals surface area contributed by atoms with Crippen LogP contribution in [0.3, 0.4) is 0 Å². The zero-order valence-corrected chi connectivity index (χ0v) is 10.9. The van der Waals surface area contributed by atoms with Gasteiger partial charge in [-0.25, -0.2) is 0 Å². The SMILES string of the molecule is Cc1ccc(CN2CCN(C)CC2)cc1[N+](=O)[O-]. The molecule has 0 radical (unpaired) electrons. The highest BCUT2D eigenvalue weighted by atomic mass is 16.6. The summed E-state index contributed by atoms with van der Waals surface area (Å²) in [7, 11) is 2.12. The van der Waals surface area contributed by atoms with E-state index in [9.17, 15) is 10.1 Å². The molecular weight excluding hydrogens is 230 g/mol. The first-order valence-corrected chi connectivity index (χ1v) is 6.21. The lowest BCUT2D eigenvalue weighted by atomic mass is 10.1. The average Bonchev–Trinajstić information content (AvgIpc) is 2.34. The van der Waals surface area contributed by atoms with Crippen LogP contribution in [0, 0.1) is 17.0 Å². The van der Waals surface area contributed by atoms with Gasteiger partial charge in [-0.05, 0) is 19.5 Å². The van der Waals surface area contributed by atoms with Crippen LogP contribution in [0.4, 0.5) is 5.69 Å². The van der Waals surface area contributed by atoms with E-state index in [2.05, 4.69) is 16.8 Å². The molecule has 0 spiro atoms. The molecule has 0 bridgehead atoms. The van der Waals surface area contributed by atoms with Gasteiger partial charge in [0.05, 0.1) is 4.92 Å². The molecule has 0 aromatic heterocycles. The third-order valence-corrected chi connectivity index (χ3v) is 3.47. The Kier molecular flexibility index (Phi) is 3.93. The zero-order chi connectivity index (χ0) is 13.1. The number of likely N-dealkylation sites (N-methyl/N-ethyl adjacent to an activating group) is 1. The molecule has 0 saturated carbocycles. The molecule has 2 rings (SSSR count). The summed E-state index contributed by atoms with van der Waals surface area (Å²) in [5.74, 6) is 0. The molecule has 5 heteroatoms. The molecule has 18 heavy (non-hydrogen) atoms. The van der Waals surface area contributed by atoms with Gasteiger partial charge in [0.1, 0.15) is 0 Å². The van der Waals surface area contributed by atoms with Crippen LogP contribution in [0.1, 0.15) is 11.1 Å². The summed E-state index contributed by atoms with van der Waals surface area (Å²) in [4.78, 5) is 15.2. The Morgan fingerprint density at radius 2 is 1.94 bits per heavy atom. The maximum Gasteiger partial charge on any atom is 0.272 e. The highest BCUT2D eigenvalue weighted by molar-refractivity contribution is 5.42. The van der Waals surface area contributed by atoms with E-state index in [-0.39, 0.29) is 10.6 Å². The van der Waals surface area contributed by atoms with Gasteiger partial charge in [0, 0.05) is 44.4 Å². The quantitative estimate of drug-likeness (QED) is 0.603. The molecule has 1 fully saturated rings. The van der Waals surface area contributed by atoms with Gasteiger partial charge in [0.15, 0.2) is 0 Å². The summed E-state index contributed by atoms with van der Waals surface area (Å²) in [5.41, 5.74) is 1.97. The lowest BCUT2D eigenvalue weighted by molar-refractivity contribution is -0.385. The Balaban J connectivity index is 2.05. The maximum atomic E-state index is 10.9. The lowest BCUT2D eigenvalue weighted by Gasteiger charge is -2.32. The minimum Gasteiger partial charge on any atom is -0.304 e. The monoisotopic (exact) mass is 249 g/mol. The predicted molar refractivity (Wildman–Crippen MR) is 70.6 cm³/mol. The Morgan fingerprint density at radius 1 is 1.28 bits per heavy atom. The summed E-state index contributed by atoms with van der Waals surface area (Å²) < 4.78 is 0. The van der Waals surface area contributed by atoms with E-state index < -0.39 is 0 Å². The predicted octanol–water partition coefficient (Wildman–Crippen LogP) is 1.65. The Morgan fingerprint density at radius 3 is 2.56 bits per heavy atom. The fourth-order valence-electron chi connectivity index (χ4n) is 2.21. The number of nitrogens with zero attached hydrogens (tertiary/aromatic N) is 3. The van der Waals surface area contributed by atoms with Crippen LogP contribution < -0.4 is 0 Å². The molecule has 0 N–H and O–H groups in total. The van der Waals surface area contributed by atoms with Gasteiger partial charge in [0.25, 0.3) is 5.69 Å². The highest BCUT2D eigenvalue weighted by Crippen LogP contribution is 2.20. The third-order valence-electron chi connectivity index (χ3n) is 3.47. The van der Waals surface area contributed by atoms with E-state index in [0.717, 1.165) is 43.9 Å². The van der Waals surface area contributed by atoms with E-state index in [4.69, 9.17) is 0 Å². The first-order chi connectivity index (χ1) is 8.56. The van der Waals surface area contributed by atoms with Gasteiger partial charge in [-0.2, -0.15) is 0 Å². The van der Waals surface area contributed by atoms with Crippen molar-refractivity contribution in [1.29, 1.82) is 0 Å². The summed E-state index contributed by atoms with van der Waals surface area (Å²) in [6.45, 7) is 6.75. The van der Waals surface area contributed by atoms with Crippen molar-refractivity contribution in [2.45, 2.75) is 13.5 Å². The largest absolute Gasteiger partial charge is 0.304 e. The summed E-state index contributed by atoms with van der Waals surface area (Å²) in [6, 6.07) is 5.53. The standard InChI is InChI=1S/C13H19N3O2/c1-11-3-4-12(9-13(11)16(17)18)10-15-7-5-14(2)6-8-15/h3-4,9H,5-8,10H2,1-2H3. The fourth-order valence-corrected chi connectivity index (χ4v) is 2.21. The number of hydrogen-bond donors (Lipinski definition) is 0. The van der Waals surface area contributed by atoms with E-state index in [1.54, 1.807) is 13.0 Å². The molecule has 98 valence electrons. The van der Waals surface area contributed by atoms with Gasteiger partial charge in [0.2, 0.25) is 0 Å². The molecule has 1 aromatic rings. The number of aryl methyl sites for hydroxylation is 1. The average molecular weight is 249 g/mol. The summed E-state index contributed by atoms with van der Waals surface area (Å²) in [5, 5.41) is 10.9. The first kappa shape index (κ1) is 13.0. The number of benzene rings is 1. The third kappa shape index (κ3) is 3.05. The van der Waals surface area contributed by atoms with Crippen molar-refractivity contribution < 1.29 is 4.92 Å². The van der Waals surface area contributed by atoms with Crippen molar-refractivity contribution in [3.8, 4) is 0 Å². The van der Waals surface area contributed by atoms with E-state index >= 15 is 0 Å². The van der Waals surface area contributed by atoms with Gasteiger partial charge in [-0.3, -0.25) is 15.0 Å². The smallest absolute Gasteiger partial charge is 0.272 e. The van der Waals surface area contributed by atoms with Crippen LogP contribution >= 0.6 is 0 Å². The lowest BCUT2D eigenvalue weighted by Crippen LogP contribution is -2.43. The van der Waals surface area contributed by atoms with Gasteiger partial charge >= 0.3 is 0 Å². The molecule has 0 atom stereocenters.